The third kappa shape index (κ3) is 0.524. The van der Waals surface area contributed by atoms with Gasteiger partial charge < -0.3 is 4.52 Å². The summed E-state index contributed by atoms with van der Waals surface area (Å²) in [6, 6.07) is 0. The third-order valence-corrected chi connectivity index (χ3v) is 1.08. The minimum atomic E-state index is -0.390. The van der Waals surface area contributed by atoms with Crippen LogP contribution in [0.4, 0.5) is 0 Å². The summed E-state index contributed by atoms with van der Waals surface area (Å²) in [7, 11) is 0. The highest BCUT2D eigenvalue weighted by Crippen LogP contribution is 1.98. The molecular weight excluding hydrogens is 136 g/mol. The standard InChI is InChI=1S/C4H2N4O2/c9-4-3-2(1-10-7-3)5-8-6-4/h1H,(H,5,6,9). The molecular formula is C4H2N4O2. The van der Waals surface area contributed by atoms with E-state index in [9.17, 15) is 4.79 Å². The predicted octanol–water partition coefficient (Wildman–Crippen LogP) is -0.694. The van der Waals surface area contributed by atoms with E-state index < -0.39 is 5.56 Å². The second kappa shape index (κ2) is 1.63. The molecule has 0 saturated heterocycles. The fraction of sp³-hybridized carbons (Fsp3) is 0. The van der Waals surface area contributed by atoms with Crippen LogP contribution in [0, 0.1) is 0 Å². The van der Waals surface area contributed by atoms with E-state index in [4.69, 9.17) is 0 Å². The second-order valence-corrected chi connectivity index (χ2v) is 1.69. The lowest BCUT2D eigenvalue weighted by Crippen LogP contribution is -2.08. The van der Waals surface area contributed by atoms with Gasteiger partial charge in [0.2, 0.25) is 5.52 Å². The number of aromatic nitrogens is 4. The van der Waals surface area contributed by atoms with Crippen molar-refractivity contribution in [2.24, 2.45) is 0 Å². The van der Waals surface area contributed by atoms with Crippen LogP contribution in [0.25, 0.3) is 11.0 Å². The van der Waals surface area contributed by atoms with E-state index in [0.717, 1.165) is 0 Å². The number of hydrogen-bond donors (Lipinski definition) is 1. The average molecular weight is 138 g/mol. The molecule has 2 aromatic heterocycles. The molecule has 50 valence electrons. The molecule has 0 fully saturated rings. The van der Waals surface area contributed by atoms with E-state index in [-0.39, 0.29) is 5.52 Å². The van der Waals surface area contributed by atoms with Gasteiger partial charge in [0.05, 0.1) is 0 Å². The molecule has 0 atom stereocenters. The Morgan fingerprint density at radius 2 is 2.50 bits per heavy atom. The Morgan fingerprint density at radius 1 is 1.60 bits per heavy atom. The van der Waals surface area contributed by atoms with Crippen LogP contribution in [0.5, 0.6) is 0 Å². The van der Waals surface area contributed by atoms with Gasteiger partial charge in [-0.15, -0.1) is 5.10 Å². The normalized spacial score (nSPS) is 10.4. The van der Waals surface area contributed by atoms with Gasteiger partial charge in [0, 0.05) is 0 Å². The molecule has 0 unspecified atom stereocenters. The van der Waals surface area contributed by atoms with Crippen LogP contribution in [0.3, 0.4) is 0 Å². The zero-order valence-corrected chi connectivity index (χ0v) is 4.74. The monoisotopic (exact) mass is 138 g/mol. The molecule has 2 aromatic rings. The first-order chi connectivity index (χ1) is 4.88. The lowest BCUT2D eigenvalue weighted by atomic mass is 10.5. The molecule has 0 aliphatic heterocycles. The number of hydrogen-bond acceptors (Lipinski definition) is 5. The van der Waals surface area contributed by atoms with Gasteiger partial charge in [-0.2, -0.15) is 0 Å². The van der Waals surface area contributed by atoms with E-state index in [1.807, 2.05) is 0 Å². The van der Waals surface area contributed by atoms with E-state index >= 15 is 0 Å². The molecule has 0 bridgehead atoms. The Morgan fingerprint density at radius 3 is 3.30 bits per heavy atom. The highest BCUT2D eigenvalue weighted by molar-refractivity contribution is 5.69. The van der Waals surface area contributed by atoms with E-state index in [1.54, 1.807) is 0 Å². The fourth-order valence-corrected chi connectivity index (χ4v) is 0.637. The van der Waals surface area contributed by atoms with Crippen LogP contribution in [0.2, 0.25) is 0 Å². The largest absolute Gasteiger partial charge is 0.362 e. The summed E-state index contributed by atoms with van der Waals surface area (Å²) >= 11 is 0. The number of rotatable bonds is 0. The maximum absolute atomic E-state index is 10.8. The predicted molar refractivity (Wildman–Crippen MR) is 30.2 cm³/mol. The Labute approximate surface area is 53.8 Å². The van der Waals surface area contributed by atoms with E-state index in [0.29, 0.717) is 5.52 Å². The van der Waals surface area contributed by atoms with Crippen molar-refractivity contribution in [1.29, 1.82) is 0 Å². The van der Waals surface area contributed by atoms with Crippen molar-refractivity contribution in [2.75, 3.05) is 0 Å². The van der Waals surface area contributed by atoms with Crippen LogP contribution in [0.1, 0.15) is 0 Å². The summed E-state index contributed by atoms with van der Waals surface area (Å²) < 4.78 is 4.47. The number of nitrogens with one attached hydrogen (secondary N) is 1. The molecule has 0 aromatic carbocycles. The number of fused-ring (bicyclic) bond motifs is 1. The molecule has 0 saturated carbocycles. The van der Waals surface area contributed by atoms with E-state index in [1.165, 1.54) is 6.26 Å². The van der Waals surface area contributed by atoms with Gasteiger partial charge in [0.25, 0.3) is 5.56 Å². The Balaban J connectivity index is 3.09. The number of aromatic amines is 1. The maximum atomic E-state index is 10.8. The first-order valence-corrected chi connectivity index (χ1v) is 2.53. The van der Waals surface area contributed by atoms with Gasteiger partial charge in [0.15, 0.2) is 11.8 Å². The zero-order valence-electron chi connectivity index (χ0n) is 4.74. The molecule has 1 N–H and O–H groups in total. The second-order valence-electron chi connectivity index (χ2n) is 1.69. The number of nitrogens with zero attached hydrogens (tertiary/aromatic N) is 3. The van der Waals surface area contributed by atoms with Gasteiger partial charge in [0.1, 0.15) is 0 Å². The van der Waals surface area contributed by atoms with Crippen molar-refractivity contribution in [3.05, 3.63) is 16.6 Å². The maximum Gasteiger partial charge on any atom is 0.297 e. The highest BCUT2D eigenvalue weighted by atomic mass is 16.5. The van der Waals surface area contributed by atoms with Crippen molar-refractivity contribution in [3.63, 3.8) is 0 Å². The van der Waals surface area contributed by atoms with Crippen molar-refractivity contribution in [1.82, 2.24) is 20.6 Å². The van der Waals surface area contributed by atoms with Crippen molar-refractivity contribution in [2.45, 2.75) is 0 Å². The smallest absolute Gasteiger partial charge is 0.297 e. The molecule has 2 heterocycles. The van der Waals surface area contributed by atoms with Crippen LogP contribution >= 0.6 is 0 Å². The summed E-state index contributed by atoms with van der Waals surface area (Å²) in [6.45, 7) is 0. The van der Waals surface area contributed by atoms with Crippen molar-refractivity contribution >= 4 is 11.0 Å². The fourth-order valence-electron chi connectivity index (χ4n) is 0.637. The molecule has 6 heteroatoms. The third-order valence-electron chi connectivity index (χ3n) is 1.08. The van der Waals surface area contributed by atoms with Gasteiger partial charge in [-0.25, -0.2) is 5.10 Å². The molecule has 2 rings (SSSR count). The highest BCUT2D eigenvalue weighted by Gasteiger charge is 2.01. The molecule has 0 spiro atoms. The van der Waals surface area contributed by atoms with Crippen LogP contribution in [0.15, 0.2) is 15.6 Å². The molecule has 0 aliphatic carbocycles. The Kier molecular flexibility index (Phi) is 0.830. The Bertz CT molecular complexity index is 403. The first kappa shape index (κ1) is 5.10. The minimum Gasteiger partial charge on any atom is -0.362 e. The minimum absolute atomic E-state index is 0.176. The Hall–Kier alpha value is -1.72. The summed E-state index contributed by atoms with van der Waals surface area (Å²) in [5.74, 6) is 0. The SMILES string of the molecule is O=c1[nH]nnc2conc12. The lowest BCUT2D eigenvalue weighted by molar-refractivity contribution is 0.427. The van der Waals surface area contributed by atoms with Crippen LogP contribution < -0.4 is 5.56 Å². The van der Waals surface area contributed by atoms with E-state index in [2.05, 4.69) is 25.1 Å². The van der Waals surface area contributed by atoms with Crippen LogP contribution in [-0.2, 0) is 0 Å². The molecule has 0 aliphatic rings. The van der Waals surface area contributed by atoms with Gasteiger partial charge in [-0.05, 0) is 0 Å². The summed E-state index contributed by atoms with van der Waals surface area (Å²) in [4.78, 5) is 10.8. The molecule has 10 heavy (non-hydrogen) atoms. The zero-order chi connectivity index (χ0) is 6.97. The van der Waals surface area contributed by atoms with Gasteiger partial charge in [-0.1, -0.05) is 10.4 Å². The van der Waals surface area contributed by atoms with Crippen LogP contribution in [-0.4, -0.2) is 20.6 Å². The quantitative estimate of drug-likeness (QED) is 0.520. The van der Waals surface area contributed by atoms with Gasteiger partial charge >= 0.3 is 0 Å². The summed E-state index contributed by atoms with van der Waals surface area (Å²) in [6.07, 6.45) is 1.26. The average Bonchev–Trinajstić information content (AvgIpc) is 2.36. The number of H-pyrrole nitrogens is 1. The lowest BCUT2D eigenvalue weighted by Gasteiger charge is -1.77. The van der Waals surface area contributed by atoms with Crippen molar-refractivity contribution < 1.29 is 4.52 Å². The van der Waals surface area contributed by atoms with Crippen molar-refractivity contribution in [3.8, 4) is 0 Å². The molecule has 6 nitrogen and oxygen atoms in total. The van der Waals surface area contributed by atoms with Gasteiger partial charge in [-0.3, -0.25) is 4.79 Å². The topological polar surface area (TPSA) is 84.7 Å². The summed E-state index contributed by atoms with van der Waals surface area (Å²) in [5.41, 5.74) is 0.150. The summed E-state index contributed by atoms with van der Waals surface area (Å²) in [5, 5.41) is 12.4. The molecule has 0 amide bonds. The first-order valence-electron chi connectivity index (χ1n) is 2.53. The molecule has 0 radical (unpaired) electrons.